The number of benzene rings is 1. The highest BCUT2D eigenvalue weighted by molar-refractivity contribution is 9.10. The second-order valence-electron chi connectivity index (χ2n) is 4.28. The Hall–Kier alpha value is -0.120. The van der Waals surface area contributed by atoms with Crippen LogP contribution in [0.4, 0.5) is 4.39 Å². The third-order valence-electron chi connectivity index (χ3n) is 2.96. The molecule has 1 aliphatic rings. The lowest BCUT2D eigenvalue weighted by molar-refractivity contribution is 0.308. The van der Waals surface area contributed by atoms with Crippen LogP contribution in [-0.2, 0) is 6.54 Å². The fourth-order valence-electron chi connectivity index (χ4n) is 1.92. The van der Waals surface area contributed by atoms with Crippen molar-refractivity contribution in [1.29, 1.82) is 0 Å². The molecule has 0 amide bonds. The van der Waals surface area contributed by atoms with Crippen molar-refractivity contribution in [2.24, 2.45) is 5.92 Å². The molecule has 0 heterocycles. The molecule has 1 N–H and O–H groups in total. The Kier molecular flexibility index (Phi) is 4.22. The number of nitrogens with one attached hydrogen (secondary N) is 1. The average Bonchev–Trinajstić information content (AvgIpc) is 2.21. The molecule has 0 atom stereocenters. The molecule has 4 heteroatoms. The van der Waals surface area contributed by atoms with Crippen molar-refractivity contribution in [2.45, 2.75) is 24.8 Å². The number of alkyl halides is 1. The molecule has 88 valence electrons. The maximum absolute atomic E-state index is 13.2. The van der Waals surface area contributed by atoms with E-state index in [1.54, 1.807) is 6.07 Å². The Bertz CT molecular complexity index is 366. The lowest BCUT2D eigenvalue weighted by Crippen LogP contribution is -2.33. The summed E-state index contributed by atoms with van der Waals surface area (Å²) in [6.45, 7) is 1.66. The molecule has 2 rings (SSSR count). The summed E-state index contributed by atoms with van der Waals surface area (Å²) in [5.74, 6) is 0.485. The summed E-state index contributed by atoms with van der Waals surface area (Å²) < 4.78 is 13.8. The van der Waals surface area contributed by atoms with Crippen molar-refractivity contribution in [3.05, 3.63) is 34.1 Å². The van der Waals surface area contributed by atoms with E-state index in [2.05, 4.69) is 21.2 Å². The van der Waals surface area contributed by atoms with Crippen molar-refractivity contribution < 1.29 is 4.39 Å². The zero-order chi connectivity index (χ0) is 11.5. The van der Waals surface area contributed by atoms with E-state index in [1.165, 1.54) is 6.07 Å². The molecule has 1 aromatic rings. The molecule has 0 saturated heterocycles. The van der Waals surface area contributed by atoms with Gasteiger partial charge in [-0.2, -0.15) is 0 Å². The first-order chi connectivity index (χ1) is 7.66. The quantitative estimate of drug-likeness (QED) is 0.837. The second kappa shape index (κ2) is 5.48. The van der Waals surface area contributed by atoms with Gasteiger partial charge in [0.25, 0.3) is 0 Å². The summed E-state index contributed by atoms with van der Waals surface area (Å²) in [6, 6.07) is 5.11. The van der Waals surface area contributed by atoms with Crippen LogP contribution in [0.1, 0.15) is 18.4 Å². The first-order valence-electron chi connectivity index (χ1n) is 5.44. The molecule has 16 heavy (non-hydrogen) atoms. The maximum Gasteiger partial charge on any atom is 0.137 e. The highest BCUT2D eigenvalue weighted by Gasteiger charge is 2.26. The standard InChI is InChI=1S/C12H14BrClFN/c13-12-9(2-1-3-11(12)15)7-16-6-8-4-10(14)5-8/h1-3,8,10,16H,4-7H2. The van der Waals surface area contributed by atoms with E-state index in [-0.39, 0.29) is 5.82 Å². The van der Waals surface area contributed by atoms with Crippen molar-refractivity contribution in [2.75, 3.05) is 6.54 Å². The van der Waals surface area contributed by atoms with Crippen molar-refractivity contribution in [3.63, 3.8) is 0 Å². The van der Waals surface area contributed by atoms with Crippen molar-refractivity contribution >= 4 is 27.5 Å². The number of halogens is 3. The SMILES string of the molecule is Fc1cccc(CNCC2CC(Cl)C2)c1Br. The van der Waals surface area contributed by atoms with E-state index in [0.29, 0.717) is 22.3 Å². The first kappa shape index (κ1) is 12.3. The van der Waals surface area contributed by atoms with Gasteiger partial charge in [-0.25, -0.2) is 4.39 Å². The summed E-state index contributed by atoms with van der Waals surface area (Å²) in [4.78, 5) is 0. The summed E-state index contributed by atoms with van der Waals surface area (Å²) in [6.07, 6.45) is 2.19. The zero-order valence-corrected chi connectivity index (χ0v) is 11.2. The van der Waals surface area contributed by atoms with E-state index in [4.69, 9.17) is 11.6 Å². The Morgan fingerprint density at radius 1 is 1.44 bits per heavy atom. The minimum atomic E-state index is -0.205. The molecule has 1 nitrogen and oxygen atoms in total. The van der Waals surface area contributed by atoms with Crippen LogP contribution in [0.15, 0.2) is 22.7 Å². The van der Waals surface area contributed by atoms with E-state index in [0.717, 1.165) is 24.9 Å². The molecular formula is C12H14BrClFN. The van der Waals surface area contributed by atoms with Crippen LogP contribution in [0.2, 0.25) is 0 Å². The van der Waals surface area contributed by atoms with Gasteiger partial charge in [-0.3, -0.25) is 0 Å². The summed E-state index contributed by atoms with van der Waals surface area (Å²) in [5, 5.41) is 3.71. The van der Waals surface area contributed by atoms with Gasteiger partial charge in [-0.1, -0.05) is 12.1 Å². The van der Waals surface area contributed by atoms with E-state index >= 15 is 0 Å². The smallest absolute Gasteiger partial charge is 0.137 e. The van der Waals surface area contributed by atoms with Gasteiger partial charge >= 0.3 is 0 Å². The molecular weight excluding hydrogens is 292 g/mol. The Balaban J connectivity index is 1.79. The number of rotatable bonds is 4. The Labute approximate surface area is 109 Å². The van der Waals surface area contributed by atoms with Gasteiger partial charge in [0.2, 0.25) is 0 Å². The predicted octanol–water partition coefficient (Wildman–Crippen LogP) is 3.70. The molecule has 0 unspecified atom stereocenters. The minimum absolute atomic E-state index is 0.205. The van der Waals surface area contributed by atoms with Crippen LogP contribution in [0.25, 0.3) is 0 Å². The fraction of sp³-hybridized carbons (Fsp3) is 0.500. The van der Waals surface area contributed by atoms with Gasteiger partial charge in [-0.05, 0) is 52.9 Å². The van der Waals surface area contributed by atoms with Crippen LogP contribution >= 0.6 is 27.5 Å². The Morgan fingerprint density at radius 2 is 2.19 bits per heavy atom. The van der Waals surface area contributed by atoms with Crippen LogP contribution in [0.3, 0.4) is 0 Å². The van der Waals surface area contributed by atoms with Crippen LogP contribution in [0, 0.1) is 11.7 Å². The second-order valence-corrected chi connectivity index (χ2v) is 5.69. The van der Waals surface area contributed by atoms with E-state index < -0.39 is 0 Å². The van der Waals surface area contributed by atoms with Gasteiger partial charge < -0.3 is 5.32 Å². The third-order valence-corrected chi connectivity index (χ3v) is 4.20. The summed E-state index contributed by atoms with van der Waals surface area (Å²) >= 11 is 9.15. The number of hydrogen-bond donors (Lipinski definition) is 1. The van der Waals surface area contributed by atoms with Gasteiger partial charge in [0.15, 0.2) is 0 Å². The highest BCUT2D eigenvalue weighted by Crippen LogP contribution is 2.31. The largest absolute Gasteiger partial charge is 0.312 e. The molecule has 0 radical (unpaired) electrons. The highest BCUT2D eigenvalue weighted by atomic mass is 79.9. The lowest BCUT2D eigenvalue weighted by atomic mass is 9.85. The third kappa shape index (κ3) is 2.96. The monoisotopic (exact) mass is 305 g/mol. The van der Waals surface area contributed by atoms with Gasteiger partial charge in [-0.15, -0.1) is 11.6 Å². The fourth-order valence-corrected chi connectivity index (χ4v) is 2.83. The average molecular weight is 307 g/mol. The summed E-state index contributed by atoms with van der Waals surface area (Å²) in [7, 11) is 0. The normalized spacial score (nSPS) is 24.2. The molecule has 1 saturated carbocycles. The molecule has 0 aromatic heterocycles. The lowest BCUT2D eigenvalue weighted by Gasteiger charge is -2.31. The van der Waals surface area contributed by atoms with Crippen LogP contribution in [0.5, 0.6) is 0 Å². The van der Waals surface area contributed by atoms with Gasteiger partial charge in [0, 0.05) is 11.9 Å². The van der Waals surface area contributed by atoms with E-state index in [9.17, 15) is 4.39 Å². The molecule has 0 spiro atoms. The van der Waals surface area contributed by atoms with E-state index in [1.807, 2.05) is 6.07 Å². The predicted molar refractivity (Wildman–Crippen MR) is 68.2 cm³/mol. The molecule has 1 aromatic carbocycles. The maximum atomic E-state index is 13.2. The zero-order valence-electron chi connectivity index (χ0n) is 8.85. The van der Waals surface area contributed by atoms with Crippen molar-refractivity contribution in [3.8, 4) is 0 Å². The molecule has 1 aliphatic carbocycles. The van der Waals surface area contributed by atoms with Gasteiger partial charge in [0.05, 0.1) is 4.47 Å². The molecule has 0 aliphatic heterocycles. The van der Waals surface area contributed by atoms with Crippen LogP contribution < -0.4 is 5.32 Å². The van der Waals surface area contributed by atoms with Crippen molar-refractivity contribution in [1.82, 2.24) is 5.32 Å². The molecule has 1 fully saturated rings. The minimum Gasteiger partial charge on any atom is -0.312 e. The Morgan fingerprint density at radius 3 is 2.88 bits per heavy atom. The van der Waals surface area contributed by atoms with Crippen LogP contribution in [-0.4, -0.2) is 11.9 Å². The molecule has 0 bridgehead atoms. The van der Waals surface area contributed by atoms with Gasteiger partial charge in [0.1, 0.15) is 5.82 Å². The first-order valence-corrected chi connectivity index (χ1v) is 6.67. The topological polar surface area (TPSA) is 12.0 Å². The number of hydrogen-bond acceptors (Lipinski definition) is 1. The summed E-state index contributed by atoms with van der Waals surface area (Å²) in [5.41, 5.74) is 0.960.